The Bertz CT molecular complexity index is 1390. The number of aromatic nitrogens is 4. The van der Waals surface area contributed by atoms with Crippen molar-refractivity contribution in [3.63, 3.8) is 0 Å². The molecule has 2 aromatic carbocycles. The summed E-state index contributed by atoms with van der Waals surface area (Å²) in [5.74, 6) is -2.67. The summed E-state index contributed by atoms with van der Waals surface area (Å²) in [7, 11) is 0. The van der Waals surface area contributed by atoms with Crippen molar-refractivity contribution in [2.75, 3.05) is 18.0 Å². The maximum atomic E-state index is 14.7. The number of nitrogens with zero attached hydrogens (tertiary/aromatic N) is 5. The van der Waals surface area contributed by atoms with Gasteiger partial charge in [0.05, 0.1) is 5.69 Å². The second-order valence-corrected chi connectivity index (χ2v) is 8.97. The molecule has 0 radical (unpaired) electrons. The Kier molecular flexibility index (Phi) is 5.20. The van der Waals surface area contributed by atoms with Gasteiger partial charge in [0, 0.05) is 43.8 Å². The van der Waals surface area contributed by atoms with Gasteiger partial charge in [0.25, 0.3) is 0 Å². The highest BCUT2D eigenvalue weighted by Crippen LogP contribution is 2.55. The maximum Gasteiger partial charge on any atom is 0.197 e. The lowest BCUT2D eigenvalue weighted by atomic mass is 9.90. The van der Waals surface area contributed by atoms with Crippen LogP contribution < -0.4 is 4.90 Å². The van der Waals surface area contributed by atoms with Gasteiger partial charge in [-0.2, -0.15) is 0 Å². The summed E-state index contributed by atoms with van der Waals surface area (Å²) in [6.07, 6.45) is 7.48. The van der Waals surface area contributed by atoms with Crippen molar-refractivity contribution in [2.45, 2.75) is 24.2 Å². The Morgan fingerprint density at radius 2 is 1.34 bits per heavy atom. The fraction of sp³-hybridized carbons (Fsp3) is 0.231. The smallest absolute Gasteiger partial charge is 0.197 e. The molecule has 9 heteroatoms. The molecule has 0 amide bonds. The van der Waals surface area contributed by atoms with E-state index in [-0.39, 0.29) is 23.4 Å². The number of rotatable bonds is 5. The molecule has 0 bridgehead atoms. The van der Waals surface area contributed by atoms with E-state index in [1.54, 1.807) is 41.8 Å². The van der Waals surface area contributed by atoms with Crippen molar-refractivity contribution in [2.24, 2.45) is 0 Å². The van der Waals surface area contributed by atoms with Crippen LogP contribution in [0.1, 0.15) is 40.9 Å². The summed E-state index contributed by atoms with van der Waals surface area (Å²) >= 11 is 0. The summed E-state index contributed by atoms with van der Waals surface area (Å²) in [5.41, 5.74) is 2.47. The van der Waals surface area contributed by atoms with Gasteiger partial charge in [0.15, 0.2) is 34.9 Å². The van der Waals surface area contributed by atoms with Crippen LogP contribution in [0.25, 0.3) is 11.6 Å². The molecule has 176 valence electrons. The van der Waals surface area contributed by atoms with E-state index in [4.69, 9.17) is 0 Å². The minimum atomic E-state index is -0.909. The lowest BCUT2D eigenvalue weighted by Crippen LogP contribution is -2.45. The Morgan fingerprint density at radius 1 is 0.686 bits per heavy atom. The summed E-state index contributed by atoms with van der Waals surface area (Å²) in [6.45, 7) is 0.797. The number of halogens is 4. The number of anilines is 1. The van der Waals surface area contributed by atoms with E-state index < -0.39 is 23.3 Å². The Balaban J connectivity index is 1.17. The predicted octanol–water partition coefficient (Wildman–Crippen LogP) is 5.36. The van der Waals surface area contributed by atoms with Gasteiger partial charge in [-0.15, -0.1) is 0 Å². The SMILES string of the molecule is Fc1ccc(C2CN(c3cc(C4CC4c4cnc(-c5ncccn5)nc4)cc(F)c3F)C2)cc1F. The molecule has 5 nitrogen and oxygen atoms in total. The van der Waals surface area contributed by atoms with Crippen molar-refractivity contribution in [1.82, 2.24) is 19.9 Å². The van der Waals surface area contributed by atoms with Gasteiger partial charge in [0.1, 0.15) is 0 Å². The lowest BCUT2D eigenvalue weighted by molar-refractivity contribution is 0.471. The fourth-order valence-corrected chi connectivity index (χ4v) is 4.68. The first-order chi connectivity index (χ1) is 17.0. The van der Waals surface area contributed by atoms with Crippen molar-refractivity contribution in [1.29, 1.82) is 0 Å². The topological polar surface area (TPSA) is 54.8 Å². The van der Waals surface area contributed by atoms with Crippen LogP contribution in [0.15, 0.2) is 61.2 Å². The highest BCUT2D eigenvalue weighted by molar-refractivity contribution is 5.56. The molecular formula is C26H19F4N5. The van der Waals surface area contributed by atoms with Crippen LogP contribution in [-0.2, 0) is 0 Å². The van der Waals surface area contributed by atoms with Gasteiger partial charge < -0.3 is 4.90 Å². The predicted molar refractivity (Wildman–Crippen MR) is 121 cm³/mol. The van der Waals surface area contributed by atoms with Crippen molar-refractivity contribution in [3.05, 3.63) is 101 Å². The van der Waals surface area contributed by atoms with Gasteiger partial charge in [-0.05, 0) is 65.3 Å². The van der Waals surface area contributed by atoms with Crippen LogP contribution in [0.3, 0.4) is 0 Å². The molecule has 6 rings (SSSR count). The van der Waals surface area contributed by atoms with Crippen LogP contribution in [-0.4, -0.2) is 33.0 Å². The van der Waals surface area contributed by atoms with E-state index >= 15 is 0 Å². The molecule has 4 aromatic rings. The molecule has 1 saturated carbocycles. The zero-order valence-electron chi connectivity index (χ0n) is 18.4. The molecule has 3 heterocycles. The van der Waals surface area contributed by atoms with Gasteiger partial charge in [-0.25, -0.2) is 37.5 Å². The van der Waals surface area contributed by atoms with Crippen LogP contribution >= 0.6 is 0 Å². The van der Waals surface area contributed by atoms with Crippen molar-refractivity contribution in [3.8, 4) is 11.6 Å². The van der Waals surface area contributed by atoms with Crippen molar-refractivity contribution < 1.29 is 17.6 Å². The summed E-state index contributed by atoms with van der Waals surface area (Å²) in [4.78, 5) is 18.7. The summed E-state index contributed by atoms with van der Waals surface area (Å²) < 4.78 is 55.9. The average molecular weight is 477 g/mol. The number of hydrogen-bond acceptors (Lipinski definition) is 5. The zero-order valence-corrected chi connectivity index (χ0v) is 18.4. The molecule has 2 aromatic heterocycles. The normalized spacial score (nSPS) is 19.5. The van der Waals surface area contributed by atoms with E-state index in [0.717, 1.165) is 29.7 Å². The quantitative estimate of drug-likeness (QED) is 0.362. The van der Waals surface area contributed by atoms with Gasteiger partial charge in [-0.1, -0.05) is 6.07 Å². The third-order valence-electron chi connectivity index (χ3n) is 6.75. The highest BCUT2D eigenvalue weighted by Gasteiger charge is 2.41. The minimum Gasteiger partial charge on any atom is -0.368 e. The number of benzene rings is 2. The van der Waals surface area contributed by atoms with Crippen LogP contribution in [0.2, 0.25) is 0 Å². The average Bonchev–Trinajstić information content (AvgIpc) is 3.65. The largest absolute Gasteiger partial charge is 0.368 e. The van der Waals surface area contributed by atoms with Crippen molar-refractivity contribution >= 4 is 5.69 Å². The van der Waals surface area contributed by atoms with E-state index in [0.29, 0.717) is 30.3 Å². The molecule has 2 aliphatic rings. The lowest BCUT2D eigenvalue weighted by Gasteiger charge is -2.41. The van der Waals surface area contributed by atoms with Gasteiger partial charge in [0.2, 0.25) is 0 Å². The van der Waals surface area contributed by atoms with Crippen LogP contribution in [0, 0.1) is 23.3 Å². The molecule has 35 heavy (non-hydrogen) atoms. The Labute approximate surface area is 198 Å². The number of hydrogen-bond donors (Lipinski definition) is 0. The second kappa shape index (κ2) is 8.41. The molecule has 1 saturated heterocycles. The molecule has 0 N–H and O–H groups in total. The van der Waals surface area contributed by atoms with Gasteiger partial charge in [-0.3, -0.25) is 0 Å². The Hall–Kier alpha value is -3.88. The third kappa shape index (κ3) is 4.00. The van der Waals surface area contributed by atoms with Crippen LogP contribution in [0.5, 0.6) is 0 Å². The molecule has 2 unspecified atom stereocenters. The van der Waals surface area contributed by atoms with E-state index in [2.05, 4.69) is 19.9 Å². The third-order valence-corrected chi connectivity index (χ3v) is 6.75. The van der Waals surface area contributed by atoms with Crippen LogP contribution in [0.4, 0.5) is 23.2 Å². The molecule has 1 aliphatic carbocycles. The summed E-state index contributed by atoms with van der Waals surface area (Å²) in [6, 6.07) is 8.44. The first-order valence-corrected chi connectivity index (χ1v) is 11.3. The molecule has 1 aliphatic heterocycles. The molecule has 0 spiro atoms. The summed E-state index contributed by atoms with van der Waals surface area (Å²) in [5, 5.41) is 0. The maximum absolute atomic E-state index is 14.7. The fourth-order valence-electron chi connectivity index (χ4n) is 4.68. The van der Waals surface area contributed by atoms with E-state index in [1.807, 2.05) is 0 Å². The van der Waals surface area contributed by atoms with E-state index in [1.165, 1.54) is 12.1 Å². The molecular weight excluding hydrogens is 458 g/mol. The molecule has 2 fully saturated rings. The first-order valence-electron chi connectivity index (χ1n) is 11.3. The molecule has 2 atom stereocenters. The van der Waals surface area contributed by atoms with Gasteiger partial charge >= 0.3 is 0 Å². The van der Waals surface area contributed by atoms with E-state index in [9.17, 15) is 17.6 Å². The minimum absolute atomic E-state index is 0.0366. The monoisotopic (exact) mass is 477 g/mol. The second-order valence-electron chi connectivity index (χ2n) is 8.97. The standard InChI is InChI=1S/C26H19F4N5/c27-20-3-2-14(6-21(20)28)17-12-35(13-17)23-8-15(7-22(29)24(23)30)18-9-19(18)16-10-33-26(34-11-16)25-31-4-1-5-32-25/h1-8,10-11,17-19H,9,12-13H2. The first kappa shape index (κ1) is 21.6. The zero-order chi connectivity index (χ0) is 24.1. The Morgan fingerprint density at radius 3 is 2.06 bits per heavy atom. The highest BCUT2D eigenvalue weighted by atomic mass is 19.2.